The summed E-state index contributed by atoms with van der Waals surface area (Å²) in [7, 11) is 0. The largest absolute Gasteiger partial charge is 0.394 e. The van der Waals surface area contributed by atoms with Crippen molar-refractivity contribution < 1.29 is 15.0 Å². The maximum absolute atomic E-state index is 12.5. The topological polar surface area (TPSA) is 69.6 Å². The second-order valence-electron chi connectivity index (χ2n) is 22.5. The van der Waals surface area contributed by atoms with Crippen LogP contribution in [0.1, 0.15) is 373 Å². The molecule has 0 aromatic carbocycles. The third-order valence-corrected chi connectivity index (χ3v) is 15.4. The highest BCUT2D eigenvalue weighted by Gasteiger charge is 2.18. The van der Waals surface area contributed by atoms with Crippen LogP contribution in [0.4, 0.5) is 0 Å². The van der Waals surface area contributed by atoms with Gasteiger partial charge in [-0.15, -0.1) is 0 Å². The minimum Gasteiger partial charge on any atom is -0.394 e. The van der Waals surface area contributed by atoms with E-state index in [-0.39, 0.29) is 12.5 Å². The van der Waals surface area contributed by atoms with Crippen LogP contribution in [-0.4, -0.2) is 34.9 Å². The third-order valence-electron chi connectivity index (χ3n) is 15.4. The lowest BCUT2D eigenvalue weighted by molar-refractivity contribution is -0.123. The number of rotatable bonds is 61. The zero-order valence-electron chi connectivity index (χ0n) is 48.1. The van der Waals surface area contributed by atoms with E-state index in [1.54, 1.807) is 6.08 Å². The average Bonchev–Trinajstić information content (AvgIpc) is 3.36. The molecule has 0 aliphatic rings. The highest BCUT2D eigenvalue weighted by molar-refractivity contribution is 5.76. The first kappa shape index (κ1) is 68.9. The van der Waals surface area contributed by atoms with Crippen molar-refractivity contribution in [2.24, 2.45) is 0 Å². The van der Waals surface area contributed by atoms with Gasteiger partial charge in [0.25, 0.3) is 0 Å². The lowest BCUT2D eigenvalue weighted by atomic mass is 10.0. The van der Waals surface area contributed by atoms with Crippen molar-refractivity contribution in [3.8, 4) is 0 Å². The SMILES string of the molecule is CCCCCCCCCCCCCC/C=C/CC/C=C/C(O)C(CO)NC(=O)CCCCCCCCCCCCCCCCCCCCCCCCCCCCCCCCCCCCCCCCCC. The Bertz CT molecular complexity index is 1020. The number of hydrogen-bond donors (Lipinski definition) is 3. The van der Waals surface area contributed by atoms with Crippen molar-refractivity contribution in [1.82, 2.24) is 5.32 Å². The van der Waals surface area contributed by atoms with Gasteiger partial charge in [0.05, 0.1) is 18.8 Å². The average molecular weight is 985 g/mol. The normalized spacial score (nSPS) is 12.8. The second kappa shape index (κ2) is 62.2. The lowest BCUT2D eigenvalue weighted by Crippen LogP contribution is -2.45. The fourth-order valence-electron chi connectivity index (χ4n) is 10.5. The molecule has 0 saturated carbocycles. The summed E-state index contributed by atoms with van der Waals surface area (Å²) in [4.78, 5) is 12.5. The number of aliphatic hydroxyl groups excluding tert-OH is 2. The molecule has 1 amide bonds. The number of carbonyl (C=O) groups is 1. The summed E-state index contributed by atoms with van der Waals surface area (Å²) in [6.07, 6.45) is 84.1. The van der Waals surface area contributed by atoms with E-state index in [0.29, 0.717) is 6.42 Å². The fraction of sp³-hybridized carbons (Fsp3) is 0.924. The Morgan fingerprint density at radius 1 is 0.329 bits per heavy atom. The number of allylic oxidation sites excluding steroid dienone is 3. The molecule has 0 radical (unpaired) electrons. The Balaban J connectivity index is 3.37. The van der Waals surface area contributed by atoms with Crippen molar-refractivity contribution in [2.45, 2.75) is 386 Å². The van der Waals surface area contributed by atoms with Crippen LogP contribution in [0, 0.1) is 0 Å². The van der Waals surface area contributed by atoms with Crippen molar-refractivity contribution in [1.29, 1.82) is 0 Å². The Morgan fingerprint density at radius 2 is 0.557 bits per heavy atom. The van der Waals surface area contributed by atoms with E-state index in [1.165, 1.54) is 321 Å². The summed E-state index contributed by atoms with van der Waals surface area (Å²) < 4.78 is 0. The molecule has 0 spiro atoms. The van der Waals surface area contributed by atoms with Gasteiger partial charge < -0.3 is 15.5 Å². The number of amides is 1. The molecule has 3 N–H and O–H groups in total. The van der Waals surface area contributed by atoms with Crippen LogP contribution in [0.2, 0.25) is 0 Å². The highest BCUT2D eigenvalue weighted by Crippen LogP contribution is 2.19. The summed E-state index contributed by atoms with van der Waals surface area (Å²) >= 11 is 0. The van der Waals surface area contributed by atoms with E-state index >= 15 is 0 Å². The van der Waals surface area contributed by atoms with Gasteiger partial charge in [0.2, 0.25) is 5.91 Å². The van der Waals surface area contributed by atoms with Gasteiger partial charge in [0.15, 0.2) is 0 Å². The molecule has 0 rings (SSSR count). The monoisotopic (exact) mass is 984 g/mol. The third kappa shape index (κ3) is 57.8. The molecule has 0 aliphatic heterocycles. The molecule has 0 aromatic rings. The summed E-state index contributed by atoms with van der Waals surface area (Å²) in [6.45, 7) is 4.34. The van der Waals surface area contributed by atoms with Crippen molar-refractivity contribution >= 4 is 5.91 Å². The molecule has 0 aliphatic carbocycles. The zero-order valence-corrected chi connectivity index (χ0v) is 48.1. The Morgan fingerprint density at radius 3 is 0.829 bits per heavy atom. The minimum atomic E-state index is -0.860. The Labute approximate surface area is 440 Å². The van der Waals surface area contributed by atoms with Crippen LogP contribution in [0.25, 0.3) is 0 Å². The maximum atomic E-state index is 12.5. The molecule has 416 valence electrons. The van der Waals surface area contributed by atoms with E-state index in [9.17, 15) is 15.0 Å². The number of carbonyl (C=O) groups excluding carboxylic acids is 1. The number of nitrogens with one attached hydrogen (secondary N) is 1. The molecule has 4 heteroatoms. The Kier molecular flexibility index (Phi) is 61.2. The number of hydrogen-bond acceptors (Lipinski definition) is 3. The predicted octanol–water partition coefficient (Wildman–Crippen LogP) is 21.8. The second-order valence-corrected chi connectivity index (χ2v) is 22.5. The molecule has 70 heavy (non-hydrogen) atoms. The van der Waals surface area contributed by atoms with Gasteiger partial charge in [0, 0.05) is 6.42 Å². The van der Waals surface area contributed by atoms with Gasteiger partial charge in [-0.25, -0.2) is 0 Å². The van der Waals surface area contributed by atoms with Crippen LogP contribution in [0.15, 0.2) is 24.3 Å². The Hall–Kier alpha value is -1.13. The molecule has 0 aromatic heterocycles. The summed E-state index contributed by atoms with van der Waals surface area (Å²) in [5.41, 5.74) is 0. The van der Waals surface area contributed by atoms with Gasteiger partial charge >= 0.3 is 0 Å². The summed E-state index contributed by atoms with van der Waals surface area (Å²) in [5, 5.41) is 23.2. The molecule has 4 nitrogen and oxygen atoms in total. The fourth-order valence-corrected chi connectivity index (χ4v) is 10.5. The first-order valence-electron chi connectivity index (χ1n) is 32.6. The molecular weight excluding hydrogens is 855 g/mol. The maximum Gasteiger partial charge on any atom is 0.220 e. The van der Waals surface area contributed by atoms with E-state index < -0.39 is 12.1 Å². The van der Waals surface area contributed by atoms with E-state index in [0.717, 1.165) is 32.1 Å². The van der Waals surface area contributed by atoms with Crippen LogP contribution >= 0.6 is 0 Å². The first-order valence-corrected chi connectivity index (χ1v) is 32.6. The number of unbranched alkanes of at least 4 members (excludes halogenated alkanes) is 52. The number of aliphatic hydroxyl groups is 2. The first-order chi connectivity index (χ1) is 34.7. The predicted molar refractivity (Wildman–Crippen MR) is 313 cm³/mol. The summed E-state index contributed by atoms with van der Waals surface area (Å²) in [6, 6.07) is -0.636. The van der Waals surface area contributed by atoms with Crippen LogP contribution < -0.4 is 5.32 Å². The van der Waals surface area contributed by atoms with Gasteiger partial charge in [-0.3, -0.25) is 4.79 Å². The van der Waals surface area contributed by atoms with Gasteiger partial charge in [-0.05, 0) is 32.1 Å². The van der Waals surface area contributed by atoms with Crippen molar-refractivity contribution in [3.63, 3.8) is 0 Å². The smallest absolute Gasteiger partial charge is 0.220 e. The molecular formula is C66H129NO3. The van der Waals surface area contributed by atoms with Gasteiger partial charge in [0.1, 0.15) is 0 Å². The quantitative estimate of drug-likeness (QED) is 0.0420. The van der Waals surface area contributed by atoms with Crippen LogP contribution in [0.5, 0.6) is 0 Å². The van der Waals surface area contributed by atoms with Crippen LogP contribution in [0.3, 0.4) is 0 Å². The molecule has 0 fully saturated rings. The van der Waals surface area contributed by atoms with E-state index in [4.69, 9.17) is 0 Å². The zero-order chi connectivity index (χ0) is 50.6. The molecule has 0 bridgehead atoms. The van der Waals surface area contributed by atoms with Gasteiger partial charge in [-0.1, -0.05) is 359 Å². The molecule has 2 unspecified atom stereocenters. The van der Waals surface area contributed by atoms with Crippen molar-refractivity contribution in [2.75, 3.05) is 6.61 Å². The molecule has 0 heterocycles. The molecule has 0 saturated heterocycles. The standard InChI is InChI=1S/C66H129NO3/c1-3-5-7-9-11-13-15-17-19-21-23-24-25-26-27-28-29-30-31-32-33-34-35-36-37-38-39-40-41-42-43-44-46-48-50-52-54-56-58-60-62-66(70)67-64(63-68)65(69)61-59-57-55-53-51-49-47-45-22-20-18-16-14-12-10-8-6-4-2/h51,53,59,61,64-65,68-69H,3-50,52,54-58,60,62-63H2,1-2H3,(H,67,70)/b53-51+,61-59+. The van der Waals surface area contributed by atoms with Gasteiger partial charge in [-0.2, -0.15) is 0 Å². The lowest BCUT2D eigenvalue weighted by Gasteiger charge is -2.19. The van der Waals surface area contributed by atoms with Crippen LogP contribution in [-0.2, 0) is 4.79 Å². The van der Waals surface area contributed by atoms with E-state index in [2.05, 4.69) is 31.3 Å². The van der Waals surface area contributed by atoms with E-state index in [1.807, 2.05) is 6.08 Å². The highest BCUT2D eigenvalue weighted by atomic mass is 16.3. The minimum absolute atomic E-state index is 0.0658. The summed E-state index contributed by atoms with van der Waals surface area (Å²) in [5.74, 6) is -0.0658. The molecule has 2 atom stereocenters. The van der Waals surface area contributed by atoms with Crippen molar-refractivity contribution in [3.05, 3.63) is 24.3 Å².